The van der Waals surface area contributed by atoms with Crippen molar-refractivity contribution in [3.63, 3.8) is 0 Å². The summed E-state index contributed by atoms with van der Waals surface area (Å²) in [6.07, 6.45) is 0.898. The minimum absolute atomic E-state index is 0.0204. The molecule has 19 heavy (non-hydrogen) atoms. The minimum atomic E-state index is -0.419. The Balaban J connectivity index is 2.41. The summed E-state index contributed by atoms with van der Waals surface area (Å²) in [5, 5.41) is 0. The lowest BCUT2D eigenvalue weighted by Crippen LogP contribution is -2.55. The third-order valence-corrected chi connectivity index (χ3v) is 3.81. The van der Waals surface area contributed by atoms with Crippen LogP contribution in [-0.4, -0.2) is 67.6 Å². The molecule has 1 saturated heterocycles. The summed E-state index contributed by atoms with van der Waals surface area (Å²) in [6.45, 7) is 6.94. The number of amides is 1. The van der Waals surface area contributed by atoms with Crippen molar-refractivity contribution in [2.24, 2.45) is 11.7 Å². The van der Waals surface area contributed by atoms with Crippen LogP contribution in [0.2, 0.25) is 0 Å². The fraction of sp³-hybridized carbons (Fsp3) is 0.846. The molecule has 6 heteroatoms. The van der Waals surface area contributed by atoms with Crippen molar-refractivity contribution in [3.8, 4) is 0 Å². The molecule has 0 bridgehead atoms. The van der Waals surface area contributed by atoms with Crippen molar-refractivity contribution in [2.75, 3.05) is 39.8 Å². The molecular weight excluding hydrogens is 246 g/mol. The predicted molar refractivity (Wildman–Crippen MR) is 72.5 cm³/mol. The van der Waals surface area contributed by atoms with Gasteiger partial charge < -0.3 is 15.4 Å². The number of ether oxygens (including phenoxy) is 1. The molecule has 0 aromatic heterocycles. The van der Waals surface area contributed by atoms with Gasteiger partial charge in [0.1, 0.15) is 0 Å². The van der Waals surface area contributed by atoms with Crippen molar-refractivity contribution in [3.05, 3.63) is 0 Å². The quantitative estimate of drug-likeness (QED) is 0.693. The molecule has 1 amide bonds. The lowest BCUT2D eigenvalue weighted by Gasteiger charge is -2.36. The monoisotopic (exact) mass is 271 g/mol. The molecule has 1 aliphatic heterocycles. The summed E-state index contributed by atoms with van der Waals surface area (Å²) in [5.41, 5.74) is 5.96. The van der Waals surface area contributed by atoms with Crippen molar-refractivity contribution >= 4 is 11.9 Å². The van der Waals surface area contributed by atoms with Crippen LogP contribution >= 0.6 is 0 Å². The van der Waals surface area contributed by atoms with Crippen LogP contribution in [0.25, 0.3) is 0 Å². The van der Waals surface area contributed by atoms with Crippen LogP contribution in [0, 0.1) is 5.92 Å². The molecular formula is C13H25N3O3. The molecule has 2 N–H and O–H groups in total. The van der Waals surface area contributed by atoms with Crippen LogP contribution in [0.5, 0.6) is 0 Å². The Morgan fingerprint density at radius 3 is 2.32 bits per heavy atom. The van der Waals surface area contributed by atoms with Crippen LogP contribution in [-0.2, 0) is 14.3 Å². The molecule has 2 atom stereocenters. The first-order valence-electron chi connectivity index (χ1n) is 6.83. The highest BCUT2D eigenvalue weighted by atomic mass is 16.5. The van der Waals surface area contributed by atoms with Crippen molar-refractivity contribution in [1.82, 2.24) is 9.80 Å². The lowest BCUT2D eigenvalue weighted by molar-refractivity contribution is -0.143. The average Bonchev–Trinajstić information content (AvgIpc) is 2.45. The zero-order chi connectivity index (χ0) is 14.4. The van der Waals surface area contributed by atoms with Crippen molar-refractivity contribution in [1.29, 1.82) is 0 Å². The highest BCUT2D eigenvalue weighted by molar-refractivity contribution is 5.82. The van der Waals surface area contributed by atoms with E-state index in [1.165, 1.54) is 7.11 Å². The Kier molecular flexibility index (Phi) is 6.24. The van der Waals surface area contributed by atoms with E-state index in [1.807, 2.05) is 18.7 Å². The summed E-state index contributed by atoms with van der Waals surface area (Å²) >= 11 is 0. The topological polar surface area (TPSA) is 75.9 Å². The van der Waals surface area contributed by atoms with Crippen LogP contribution in [0.3, 0.4) is 0 Å². The number of carbonyl (C=O) groups is 2. The molecule has 6 nitrogen and oxygen atoms in total. The maximum absolute atomic E-state index is 12.2. The van der Waals surface area contributed by atoms with Gasteiger partial charge in [-0.25, -0.2) is 0 Å². The molecule has 0 radical (unpaired) electrons. The van der Waals surface area contributed by atoms with E-state index in [-0.39, 0.29) is 24.3 Å². The maximum Gasteiger partial charge on any atom is 0.319 e. The Morgan fingerprint density at radius 2 is 1.84 bits per heavy atom. The zero-order valence-electron chi connectivity index (χ0n) is 12.1. The molecule has 0 aromatic carbocycles. The maximum atomic E-state index is 12.2. The highest BCUT2D eigenvalue weighted by Crippen LogP contribution is 2.10. The molecule has 0 saturated carbocycles. The summed E-state index contributed by atoms with van der Waals surface area (Å²) in [6, 6.07) is -0.419. The van der Waals surface area contributed by atoms with E-state index in [9.17, 15) is 9.59 Å². The van der Waals surface area contributed by atoms with Gasteiger partial charge in [0.25, 0.3) is 0 Å². The molecule has 1 rings (SSSR count). The smallest absolute Gasteiger partial charge is 0.319 e. The zero-order valence-corrected chi connectivity index (χ0v) is 12.1. The molecule has 0 aliphatic carbocycles. The van der Waals surface area contributed by atoms with Crippen LogP contribution < -0.4 is 5.73 Å². The fourth-order valence-electron chi connectivity index (χ4n) is 2.08. The molecule has 1 heterocycles. The Bertz CT molecular complexity index is 314. The molecule has 110 valence electrons. The lowest BCUT2D eigenvalue weighted by atomic mass is 9.98. The van der Waals surface area contributed by atoms with Crippen LogP contribution in [0.15, 0.2) is 0 Å². The number of esters is 1. The Labute approximate surface area is 114 Å². The Morgan fingerprint density at radius 1 is 1.26 bits per heavy atom. The largest absolute Gasteiger partial charge is 0.468 e. The first-order chi connectivity index (χ1) is 8.99. The average molecular weight is 271 g/mol. The number of hydrogen-bond acceptors (Lipinski definition) is 5. The number of nitrogens with two attached hydrogens (primary N) is 1. The molecule has 0 spiro atoms. The van der Waals surface area contributed by atoms with E-state index < -0.39 is 6.04 Å². The van der Waals surface area contributed by atoms with E-state index >= 15 is 0 Å². The van der Waals surface area contributed by atoms with Gasteiger partial charge in [-0.3, -0.25) is 14.5 Å². The second-order valence-electron chi connectivity index (χ2n) is 5.09. The number of rotatable bonds is 5. The van der Waals surface area contributed by atoms with Gasteiger partial charge in [-0.05, 0) is 5.92 Å². The number of methoxy groups -OCH3 is 1. The molecule has 1 fully saturated rings. The predicted octanol–water partition coefficient (Wildman–Crippen LogP) is -0.323. The molecule has 0 aromatic rings. The minimum Gasteiger partial charge on any atom is -0.468 e. The van der Waals surface area contributed by atoms with Gasteiger partial charge in [0.05, 0.1) is 19.7 Å². The van der Waals surface area contributed by atoms with Crippen molar-refractivity contribution < 1.29 is 14.3 Å². The van der Waals surface area contributed by atoms with E-state index in [4.69, 9.17) is 5.73 Å². The second kappa shape index (κ2) is 7.45. The first kappa shape index (κ1) is 15.9. The van der Waals surface area contributed by atoms with Crippen molar-refractivity contribution in [2.45, 2.75) is 26.3 Å². The third-order valence-electron chi connectivity index (χ3n) is 3.81. The summed E-state index contributed by atoms with van der Waals surface area (Å²) in [4.78, 5) is 27.1. The van der Waals surface area contributed by atoms with E-state index in [1.54, 1.807) is 4.90 Å². The number of hydrogen-bond donors (Lipinski definition) is 1. The van der Waals surface area contributed by atoms with Crippen LogP contribution in [0.1, 0.15) is 20.3 Å². The number of carbonyl (C=O) groups excluding carboxylic acids is 2. The normalized spacial score (nSPS) is 19.9. The van der Waals surface area contributed by atoms with Gasteiger partial charge in [0.2, 0.25) is 5.91 Å². The second-order valence-corrected chi connectivity index (χ2v) is 5.09. The first-order valence-corrected chi connectivity index (χ1v) is 6.83. The highest BCUT2D eigenvalue weighted by Gasteiger charge is 2.28. The Hall–Kier alpha value is -1.14. The SMILES string of the molecule is CC[C@H](C)[C@H](N)C(=O)N1CCN(CC(=O)OC)CC1. The third kappa shape index (κ3) is 4.47. The van der Waals surface area contributed by atoms with Gasteiger partial charge in [-0.15, -0.1) is 0 Å². The number of nitrogens with zero attached hydrogens (tertiary/aromatic N) is 2. The van der Waals surface area contributed by atoms with E-state index in [0.717, 1.165) is 6.42 Å². The van der Waals surface area contributed by atoms with Gasteiger partial charge in [0, 0.05) is 26.2 Å². The van der Waals surface area contributed by atoms with Crippen LogP contribution in [0.4, 0.5) is 0 Å². The van der Waals surface area contributed by atoms with E-state index in [2.05, 4.69) is 4.74 Å². The summed E-state index contributed by atoms with van der Waals surface area (Å²) in [7, 11) is 1.38. The van der Waals surface area contributed by atoms with Gasteiger partial charge >= 0.3 is 5.97 Å². The standard InChI is InChI=1S/C13H25N3O3/c1-4-10(2)12(14)13(18)16-7-5-15(6-8-16)9-11(17)19-3/h10,12H,4-9,14H2,1-3H3/t10-,12-/m0/s1. The summed E-state index contributed by atoms with van der Waals surface area (Å²) in [5.74, 6) is -0.0243. The van der Waals surface area contributed by atoms with Gasteiger partial charge in [0.15, 0.2) is 0 Å². The summed E-state index contributed by atoms with van der Waals surface area (Å²) < 4.78 is 4.63. The van der Waals surface area contributed by atoms with E-state index in [0.29, 0.717) is 26.2 Å². The molecule has 1 aliphatic rings. The fourth-order valence-corrected chi connectivity index (χ4v) is 2.08. The van der Waals surface area contributed by atoms with Gasteiger partial charge in [-0.1, -0.05) is 20.3 Å². The molecule has 0 unspecified atom stereocenters. The number of piperazine rings is 1. The van der Waals surface area contributed by atoms with Gasteiger partial charge in [-0.2, -0.15) is 0 Å².